The number of fused-ring (bicyclic) bond motifs is 1. The topological polar surface area (TPSA) is 85.1 Å². The fourth-order valence-electron chi connectivity index (χ4n) is 2.83. The Morgan fingerprint density at radius 1 is 1.30 bits per heavy atom. The van der Waals surface area contributed by atoms with Crippen molar-refractivity contribution < 1.29 is 9.59 Å². The van der Waals surface area contributed by atoms with Crippen LogP contribution in [0, 0.1) is 0 Å². The molecule has 0 fully saturated rings. The third-order valence-electron chi connectivity index (χ3n) is 4.03. The molecule has 2 aromatic rings. The maximum absolute atomic E-state index is 12.1. The monoisotopic (exact) mass is 329 g/mol. The summed E-state index contributed by atoms with van der Waals surface area (Å²) < 4.78 is 0. The molecule has 1 atom stereocenters. The molecule has 0 spiro atoms. The van der Waals surface area contributed by atoms with Crippen molar-refractivity contribution in [3.8, 4) is 0 Å². The molecule has 1 aliphatic carbocycles. The Balaban J connectivity index is 1.62. The average Bonchev–Trinajstić information content (AvgIpc) is 2.95. The molecule has 3 rings (SSSR count). The number of hydrogen-bond donors (Lipinski definition) is 2. The maximum atomic E-state index is 12.1. The van der Waals surface area contributed by atoms with Crippen molar-refractivity contribution in [2.45, 2.75) is 38.0 Å². The molecule has 0 bridgehead atoms. The second kappa shape index (κ2) is 6.91. The van der Waals surface area contributed by atoms with Gasteiger partial charge in [0.2, 0.25) is 11.8 Å². The molecule has 0 saturated carbocycles. The number of nitrogens with two attached hydrogens (primary N) is 1. The van der Waals surface area contributed by atoms with Crippen LogP contribution in [0.25, 0.3) is 0 Å². The molecule has 6 heteroatoms. The van der Waals surface area contributed by atoms with Gasteiger partial charge in [-0.1, -0.05) is 30.3 Å². The number of carbonyl (C=O) groups is 2. The molecule has 1 heterocycles. The number of thiazole rings is 1. The van der Waals surface area contributed by atoms with Crippen LogP contribution < -0.4 is 11.1 Å². The highest BCUT2D eigenvalue weighted by Gasteiger charge is 2.28. The lowest BCUT2D eigenvalue weighted by Crippen LogP contribution is -2.24. The molecule has 1 aromatic carbocycles. The predicted molar refractivity (Wildman–Crippen MR) is 90.4 cm³/mol. The average molecular weight is 329 g/mol. The van der Waals surface area contributed by atoms with Crippen LogP contribution in [0.3, 0.4) is 0 Å². The molecule has 23 heavy (non-hydrogen) atoms. The Morgan fingerprint density at radius 3 is 2.83 bits per heavy atom. The highest BCUT2D eigenvalue weighted by molar-refractivity contribution is 7.15. The summed E-state index contributed by atoms with van der Waals surface area (Å²) in [6.07, 6.45) is 3.68. The summed E-state index contributed by atoms with van der Waals surface area (Å²) >= 11 is 1.46. The second-order valence-electron chi connectivity index (χ2n) is 5.71. The lowest BCUT2D eigenvalue weighted by atomic mass is 9.91. The largest absolute Gasteiger partial charge is 0.369 e. The van der Waals surface area contributed by atoms with Gasteiger partial charge in [0, 0.05) is 11.3 Å². The number of aromatic nitrogens is 1. The van der Waals surface area contributed by atoms with Gasteiger partial charge >= 0.3 is 0 Å². The first-order valence-corrected chi connectivity index (χ1v) is 8.58. The fraction of sp³-hybridized carbons (Fsp3) is 0.353. The van der Waals surface area contributed by atoms with Gasteiger partial charge in [-0.15, -0.1) is 11.3 Å². The number of carbonyl (C=O) groups excluding carboxylic acids is 2. The van der Waals surface area contributed by atoms with Crippen molar-refractivity contribution in [3.05, 3.63) is 46.5 Å². The summed E-state index contributed by atoms with van der Waals surface area (Å²) in [5, 5.41) is 3.42. The van der Waals surface area contributed by atoms with E-state index >= 15 is 0 Å². The second-order valence-corrected chi connectivity index (χ2v) is 6.79. The standard InChI is InChI=1S/C17H19N3O2S/c18-16(22)12-7-4-8-13-15(12)20-17(23-13)19-14(21)10-9-11-5-2-1-3-6-11/h1-3,5-6,12H,4,7-10H2,(H2,18,22)(H,19,20,21). The molecule has 2 amide bonds. The van der Waals surface area contributed by atoms with Crippen molar-refractivity contribution in [1.29, 1.82) is 0 Å². The van der Waals surface area contributed by atoms with E-state index in [9.17, 15) is 9.59 Å². The minimum atomic E-state index is -0.335. The van der Waals surface area contributed by atoms with Gasteiger partial charge in [0.05, 0.1) is 11.6 Å². The van der Waals surface area contributed by atoms with Gasteiger partial charge in [0.1, 0.15) is 0 Å². The van der Waals surface area contributed by atoms with E-state index in [1.807, 2.05) is 30.3 Å². The number of nitrogens with zero attached hydrogens (tertiary/aromatic N) is 1. The van der Waals surface area contributed by atoms with Crippen molar-refractivity contribution in [3.63, 3.8) is 0 Å². The Kier molecular flexibility index (Phi) is 4.71. The Morgan fingerprint density at radius 2 is 2.09 bits per heavy atom. The van der Waals surface area contributed by atoms with Crippen LogP contribution in [0.15, 0.2) is 30.3 Å². The molecular weight excluding hydrogens is 310 g/mol. The maximum Gasteiger partial charge on any atom is 0.226 e. The normalized spacial score (nSPS) is 16.6. The quantitative estimate of drug-likeness (QED) is 0.884. The van der Waals surface area contributed by atoms with E-state index in [0.29, 0.717) is 18.0 Å². The zero-order valence-corrected chi connectivity index (χ0v) is 13.6. The minimum Gasteiger partial charge on any atom is -0.369 e. The summed E-state index contributed by atoms with van der Waals surface area (Å²) in [5.41, 5.74) is 7.33. The molecule has 1 aliphatic rings. The third kappa shape index (κ3) is 3.76. The summed E-state index contributed by atoms with van der Waals surface area (Å²) in [4.78, 5) is 29.1. The van der Waals surface area contributed by atoms with Gasteiger partial charge in [-0.05, 0) is 31.2 Å². The molecule has 5 nitrogen and oxygen atoms in total. The lowest BCUT2D eigenvalue weighted by Gasteiger charge is -2.17. The molecule has 120 valence electrons. The van der Waals surface area contributed by atoms with Crippen LogP contribution in [0.5, 0.6) is 0 Å². The van der Waals surface area contributed by atoms with Crippen LogP contribution in [-0.2, 0) is 22.4 Å². The minimum absolute atomic E-state index is 0.0597. The SMILES string of the molecule is NC(=O)C1CCCc2sc(NC(=O)CCc3ccccc3)nc21. The van der Waals surface area contributed by atoms with Gasteiger partial charge < -0.3 is 11.1 Å². The first-order chi connectivity index (χ1) is 11.1. The van der Waals surface area contributed by atoms with Gasteiger partial charge in [0.15, 0.2) is 5.13 Å². The van der Waals surface area contributed by atoms with E-state index in [2.05, 4.69) is 10.3 Å². The van der Waals surface area contributed by atoms with Crippen molar-refractivity contribution in [1.82, 2.24) is 4.98 Å². The number of aryl methyl sites for hydroxylation is 2. The zero-order chi connectivity index (χ0) is 16.2. The predicted octanol–water partition coefficient (Wildman–Crippen LogP) is 2.62. The van der Waals surface area contributed by atoms with Crippen LogP contribution in [-0.4, -0.2) is 16.8 Å². The van der Waals surface area contributed by atoms with Crippen LogP contribution >= 0.6 is 11.3 Å². The van der Waals surface area contributed by atoms with Crippen LogP contribution in [0.2, 0.25) is 0 Å². The van der Waals surface area contributed by atoms with E-state index in [-0.39, 0.29) is 17.7 Å². The molecule has 0 radical (unpaired) electrons. The van der Waals surface area contributed by atoms with Gasteiger partial charge in [-0.3, -0.25) is 9.59 Å². The van der Waals surface area contributed by atoms with E-state index in [4.69, 9.17) is 5.73 Å². The van der Waals surface area contributed by atoms with E-state index in [0.717, 1.165) is 35.4 Å². The number of primary amides is 1. The number of amides is 2. The molecular formula is C17H19N3O2S. The first-order valence-electron chi connectivity index (χ1n) is 7.76. The molecule has 0 saturated heterocycles. The summed E-state index contributed by atoms with van der Waals surface area (Å²) in [5.74, 6) is -0.709. The lowest BCUT2D eigenvalue weighted by molar-refractivity contribution is -0.119. The van der Waals surface area contributed by atoms with Gasteiger partial charge in [0.25, 0.3) is 0 Å². The number of nitrogens with one attached hydrogen (secondary N) is 1. The van der Waals surface area contributed by atoms with Crippen LogP contribution in [0.4, 0.5) is 5.13 Å². The van der Waals surface area contributed by atoms with E-state index in [1.54, 1.807) is 0 Å². The summed E-state index contributed by atoms with van der Waals surface area (Å²) in [7, 11) is 0. The van der Waals surface area contributed by atoms with Crippen molar-refractivity contribution >= 4 is 28.3 Å². The molecule has 0 aliphatic heterocycles. The highest BCUT2D eigenvalue weighted by Crippen LogP contribution is 2.36. The van der Waals surface area contributed by atoms with Crippen molar-refractivity contribution in [2.24, 2.45) is 5.73 Å². The number of benzene rings is 1. The molecule has 1 aromatic heterocycles. The van der Waals surface area contributed by atoms with Crippen molar-refractivity contribution in [2.75, 3.05) is 5.32 Å². The first kappa shape index (κ1) is 15.7. The third-order valence-corrected chi connectivity index (χ3v) is 5.07. The smallest absolute Gasteiger partial charge is 0.226 e. The highest BCUT2D eigenvalue weighted by atomic mass is 32.1. The number of hydrogen-bond acceptors (Lipinski definition) is 4. The summed E-state index contributed by atoms with van der Waals surface area (Å²) in [6.45, 7) is 0. The van der Waals surface area contributed by atoms with Gasteiger partial charge in [-0.2, -0.15) is 0 Å². The molecule has 1 unspecified atom stereocenters. The Bertz CT molecular complexity index is 712. The number of anilines is 1. The number of rotatable bonds is 5. The van der Waals surface area contributed by atoms with Crippen LogP contribution in [0.1, 0.15) is 41.3 Å². The fourth-order valence-corrected chi connectivity index (χ4v) is 3.91. The van der Waals surface area contributed by atoms with Gasteiger partial charge in [-0.25, -0.2) is 4.98 Å². The zero-order valence-electron chi connectivity index (χ0n) is 12.7. The summed E-state index contributed by atoms with van der Waals surface area (Å²) in [6, 6.07) is 9.90. The Hall–Kier alpha value is -2.21. The van der Waals surface area contributed by atoms with E-state index in [1.165, 1.54) is 11.3 Å². The molecule has 3 N–H and O–H groups in total. The Labute approximate surface area is 138 Å². The van der Waals surface area contributed by atoms with E-state index < -0.39 is 0 Å².